The van der Waals surface area contributed by atoms with Crippen LogP contribution in [-0.2, 0) is 16.1 Å². The Morgan fingerprint density at radius 1 is 0.921 bits per heavy atom. The van der Waals surface area contributed by atoms with Crippen LogP contribution in [0.4, 0.5) is 0 Å². The van der Waals surface area contributed by atoms with E-state index in [2.05, 4.69) is 40.1 Å². The third kappa shape index (κ3) is 5.90. The zero-order valence-corrected chi connectivity index (χ0v) is 23.6. The van der Waals surface area contributed by atoms with Gasteiger partial charge in [0.15, 0.2) is 0 Å². The maximum atomic E-state index is 13.5. The van der Waals surface area contributed by atoms with Crippen LogP contribution in [0.25, 0.3) is 0 Å². The number of halogens is 2. The second-order valence-electron chi connectivity index (χ2n) is 11.9. The van der Waals surface area contributed by atoms with E-state index in [-0.39, 0.29) is 17.8 Å². The molecule has 2 atom stereocenters. The summed E-state index contributed by atoms with van der Waals surface area (Å²) in [6.45, 7) is 6.16. The fourth-order valence-electron chi connectivity index (χ4n) is 6.85. The van der Waals surface area contributed by atoms with Crippen molar-refractivity contribution in [2.45, 2.75) is 51.0 Å². The Morgan fingerprint density at radius 2 is 1.61 bits per heavy atom. The molecular formula is C31H39Cl2N3O2. The van der Waals surface area contributed by atoms with Gasteiger partial charge in [0, 0.05) is 50.1 Å². The van der Waals surface area contributed by atoms with Gasteiger partial charge in [-0.25, -0.2) is 0 Å². The lowest BCUT2D eigenvalue weighted by atomic mass is 9.76. The van der Waals surface area contributed by atoms with Crippen LogP contribution >= 0.6 is 24.0 Å². The Morgan fingerprint density at radius 3 is 2.29 bits per heavy atom. The highest BCUT2D eigenvalue weighted by atomic mass is 35.5. The summed E-state index contributed by atoms with van der Waals surface area (Å²) in [7, 11) is 0. The zero-order valence-electron chi connectivity index (χ0n) is 22.1. The van der Waals surface area contributed by atoms with Gasteiger partial charge in [-0.3, -0.25) is 9.59 Å². The number of likely N-dealkylation sites (tertiary alicyclic amines) is 3. The molecule has 3 aliphatic heterocycles. The number of nitrogens with zero attached hydrogens (tertiary/aromatic N) is 3. The largest absolute Gasteiger partial charge is 0.342 e. The Bertz CT molecular complexity index is 1110. The van der Waals surface area contributed by atoms with E-state index < -0.39 is 0 Å². The highest BCUT2D eigenvalue weighted by molar-refractivity contribution is 6.30. The highest BCUT2D eigenvalue weighted by Gasteiger charge is 2.48. The van der Waals surface area contributed by atoms with Crippen molar-refractivity contribution in [2.75, 3.05) is 39.3 Å². The number of rotatable bonds is 7. The van der Waals surface area contributed by atoms with Crippen LogP contribution < -0.4 is 0 Å². The summed E-state index contributed by atoms with van der Waals surface area (Å²) in [6, 6.07) is 18.6. The van der Waals surface area contributed by atoms with Crippen molar-refractivity contribution in [2.24, 2.45) is 17.3 Å². The average Bonchev–Trinajstić information content (AvgIpc) is 3.56. The van der Waals surface area contributed by atoms with Crippen LogP contribution in [0.5, 0.6) is 0 Å². The molecule has 1 unspecified atom stereocenters. The molecule has 1 spiro atoms. The van der Waals surface area contributed by atoms with Crippen LogP contribution in [0.2, 0.25) is 5.02 Å². The normalized spacial score (nSPS) is 25.1. The first-order chi connectivity index (χ1) is 18.0. The van der Waals surface area contributed by atoms with Gasteiger partial charge < -0.3 is 14.7 Å². The van der Waals surface area contributed by atoms with Gasteiger partial charge in [0.2, 0.25) is 11.8 Å². The molecule has 6 rings (SSSR count). The molecule has 2 amide bonds. The summed E-state index contributed by atoms with van der Waals surface area (Å²) in [4.78, 5) is 33.2. The molecule has 0 N–H and O–H groups in total. The lowest BCUT2D eigenvalue weighted by Crippen LogP contribution is -2.46. The molecule has 204 valence electrons. The van der Waals surface area contributed by atoms with Gasteiger partial charge in [-0.1, -0.05) is 54.1 Å². The molecule has 5 nitrogen and oxygen atoms in total. The van der Waals surface area contributed by atoms with E-state index in [1.165, 1.54) is 18.4 Å². The van der Waals surface area contributed by atoms with E-state index in [0.29, 0.717) is 36.1 Å². The van der Waals surface area contributed by atoms with Gasteiger partial charge in [0.05, 0.1) is 5.41 Å². The molecule has 7 heteroatoms. The minimum absolute atomic E-state index is 0. The summed E-state index contributed by atoms with van der Waals surface area (Å²) in [5.41, 5.74) is 2.30. The third-order valence-electron chi connectivity index (χ3n) is 9.38. The van der Waals surface area contributed by atoms with E-state index in [9.17, 15) is 9.59 Å². The fraction of sp³-hybridized carbons (Fsp3) is 0.548. The number of hydrogen-bond acceptors (Lipinski definition) is 3. The van der Waals surface area contributed by atoms with Crippen molar-refractivity contribution in [1.29, 1.82) is 0 Å². The molecule has 3 saturated heterocycles. The van der Waals surface area contributed by atoms with Gasteiger partial charge in [-0.15, -0.1) is 12.4 Å². The maximum absolute atomic E-state index is 13.5. The molecule has 1 saturated carbocycles. The van der Waals surface area contributed by atoms with Crippen molar-refractivity contribution in [3.8, 4) is 0 Å². The topological polar surface area (TPSA) is 43.9 Å². The van der Waals surface area contributed by atoms with Crippen molar-refractivity contribution in [3.63, 3.8) is 0 Å². The number of carbonyl (C=O) groups is 2. The molecule has 2 aromatic rings. The minimum atomic E-state index is -0.191. The summed E-state index contributed by atoms with van der Waals surface area (Å²) in [5.74, 6) is 2.15. The van der Waals surface area contributed by atoms with Gasteiger partial charge in [0.25, 0.3) is 0 Å². The van der Waals surface area contributed by atoms with E-state index in [4.69, 9.17) is 11.6 Å². The summed E-state index contributed by atoms with van der Waals surface area (Å²) in [5, 5.41) is 0.729. The van der Waals surface area contributed by atoms with Crippen LogP contribution in [-0.4, -0.2) is 65.8 Å². The zero-order chi connectivity index (χ0) is 25.4. The Hall–Kier alpha value is -2.08. The summed E-state index contributed by atoms with van der Waals surface area (Å²) in [6.07, 6.45) is 6.01. The number of piperidine rings is 1. The molecule has 38 heavy (non-hydrogen) atoms. The third-order valence-corrected chi connectivity index (χ3v) is 9.63. The number of amides is 2. The SMILES string of the molecule is Cl.O=C(CC1CC1)N1CC(c2ccccc2)[C@@H](CN2CCC3(CC2)CCN(Cc2ccc(Cl)cc2)C3=O)C1. The molecule has 4 aliphatic rings. The lowest BCUT2D eigenvalue weighted by Gasteiger charge is -2.39. The minimum Gasteiger partial charge on any atom is -0.342 e. The first-order valence-corrected chi connectivity index (χ1v) is 14.5. The van der Waals surface area contributed by atoms with Gasteiger partial charge >= 0.3 is 0 Å². The first kappa shape index (κ1) is 27.5. The van der Waals surface area contributed by atoms with Crippen LogP contribution in [0.1, 0.15) is 55.6 Å². The van der Waals surface area contributed by atoms with Crippen molar-refractivity contribution >= 4 is 35.8 Å². The molecule has 0 radical (unpaired) electrons. The summed E-state index contributed by atoms with van der Waals surface area (Å²) < 4.78 is 0. The molecule has 4 fully saturated rings. The van der Waals surface area contributed by atoms with Crippen LogP contribution in [0.15, 0.2) is 54.6 Å². The monoisotopic (exact) mass is 555 g/mol. The number of carbonyl (C=O) groups excluding carboxylic acids is 2. The van der Waals surface area contributed by atoms with Crippen LogP contribution in [0, 0.1) is 17.3 Å². The summed E-state index contributed by atoms with van der Waals surface area (Å²) >= 11 is 6.03. The first-order valence-electron chi connectivity index (χ1n) is 14.1. The Labute approximate surface area is 237 Å². The number of hydrogen-bond donors (Lipinski definition) is 0. The Balaban J connectivity index is 0.00000294. The average molecular weight is 557 g/mol. The smallest absolute Gasteiger partial charge is 0.229 e. The van der Waals surface area contributed by atoms with Gasteiger partial charge in [0.1, 0.15) is 0 Å². The molecule has 3 heterocycles. The predicted molar refractivity (Wildman–Crippen MR) is 153 cm³/mol. The molecule has 1 aliphatic carbocycles. The lowest BCUT2D eigenvalue weighted by molar-refractivity contribution is -0.139. The van der Waals surface area contributed by atoms with Crippen molar-refractivity contribution < 1.29 is 9.59 Å². The second-order valence-corrected chi connectivity index (χ2v) is 12.3. The number of benzene rings is 2. The van der Waals surface area contributed by atoms with E-state index in [1.54, 1.807) is 0 Å². The predicted octanol–water partition coefficient (Wildman–Crippen LogP) is 5.62. The quantitative estimate of drug-likeness (QED) is 0.445. The van der Waals surface area contributed by atoms with E-state index >= 15 is 0 Å². The van der Waals surface area contributed by atoms with Gasteiger partial charge in [-0.05, 0) is 80.3 Å². The molecule has 2 aromatic carbocycles. The van der Waals surface area contributed by atoms with Crippen LogP contribution in [0.3, 0.4) is 0 Å². The van der Waals surface area contributed by atoms with E-state index in [1.807, 2.05) is 29.2 Å². The van der Waals surface area contributed by atoms with Crippen molar-refractivity contribution in [1.82, 2.24) is 14.7 Å². The van der Waals surface area contributed by atoms with E-state index in [0.717, 1.165) is 75.5 Å². The molecule has 0 aromatic heterocycles. The van der Waals surface area contributed by atoms with Crippen molar-refractivity contribution in [3.05, 3.63) is 70.7 Å². The van der Waals surface area contributed by atoms with Gasteiger partial charge in [-0.2, -0.15) is 0 Å². The second kappa shape index (κ2) is 11.6. The Kier molecular flexibility index (Phi) is 8.37. The standard InChI is InChI=1S/C31H38ClN3O2.ClH/c32-27-10-8-24(9-11-27)19-34-17-14-31(30(34)37)12-15-33(16-13-31)20-26-21-35(29(36)18-23-6-7-23)22-28(26)25-4-2-1-3-5-25;/h1-5,8-11,23,26,28H,6-7,12-22H2;1H/t26-,28?;/m0./s1. The molecule has 0 bridgehead atoms. The molecular weight excluding hydrogens is 517 g/mol. The maximum Gasteiger partial charge on any atom is 0.229 e. The fourth-order valence-corrected chi connectivity index (χ4v) is 6.97. The highest BCUT2D eigenvalue weighted by Crippen LogP contribution is 2.43.